The van der Waals surface area contributed by atoms with Crippen molar-refractivity contribution in [2.45, 2.75) is 45.8 Å². The van der Waals surface area contributed by atoms with Gasteiger partial charge in [0.25, 0.3) is 0 Å². The Labute approximate surface area is 123 Å². The van der Waals surface area contributed by atoms with E-state index in [2.05, 4.69) is 55.3 Å². The minimum Gasteiger partial charge on any atom is -0.375 e. The van der Waals surface area contributed by atoms with Crippen LogP contribution in [0.2, 0.25) is 0 Å². The van der Waals surface area contributed by atoms with Crippen molar-refractivity contribution in [2.24, 2.45) is 0 Å². The Hall–Kier alpha value is -1.06. The fourth-order valence-corrected chi connectivity index (χ4v) is 2.79. The molecule has 0 spiro atoms. The van der Waals surface area contributed by atoms with Crippen molar-refractivity contribution in [2.75, 3.05) is 31.1 Å². The maximum absolute atomic E-state index is 5.60. The van der Waals surface area contributed by atoms with Gasteiger partial charge >= 0.3 is 0 Å². The summed E-state index contributed by atoms with van der Waals surface area (Å²) in [4.78, 5) is 2.42. The van der Waals surface area contributed by atoms with Gasteiger partial charge in [0, 0.05) is 24.8 Å². The van der Waals surface area contributed by atoms with Crippen molar-refractivity contribution in [1.29, 1.82) is 0 Å². The van der Waals surface area contributed by atoms with Crippen molar-refractivity contribution in [3.63, 3.8) is 0 Å². The molecule has 0 saturated carbocycles. The zero-order chi connectivity index (χ0) is 14.4. The highest BCUT2D eigenvalue weighted by atomic mass is 16.5. The summed E-state index contributed by atoms with van der Waals surface area (Å²) in [5.74, 6) is 0. The molecule has 0 bridgehead atoms. The largest absolute Gasteiger partial charge is 0.375 e. The molecule has 0 aliphatic carbocycles. The Morgan fingerprint density at radius 1 is 1.30 bits per heavy atom. The number of anilines is 1. The molecule has 1 aliphatic heterocycles. The van der Waals surface area contributed by atoms with E-state index >= 15 is 0 Å². The summed E-state index contributed by atoms with van der Waals surface area (Å²) in [7, 11) is 0. The normalized spacial score (nSPS) is 20.9. The third kappa shape index (κ3) is 3.97. The van der Waals surface area contributed by atoms with Crippen LogP contribution in [0.25, 0.3) is 0 Å². The number of ether oxygens (including phenoxy) is 1. The Morgan fingerprint density at radius 3 is 2.65 bits per heavy atom. The van der Waals surface area contributed by atoms with E-state index < -0.39 is 0 Å². The van der Waals surface area contributed by atoms with Gasteiger partial charge in [-0.3, -0.25) is 0 Å². The average molecular weight is 276 g/mol. The predicted molar refractivity (Wildman–Crippen MR) is 85.4 cm³/mol. The van der Waals surface area contributed by atoms with Crippen molar-refractivity contribution in [3.05, 3.63) is 29.8 Å². The molecule has 1 N–H and O–H groups in total. The first-order valence-corrected chi connectivity index (χ1v) is 7.94. The minimum absolute atomic E-state index is 0.332. The van der Waals surface area contributed by atoms with Crippen LogP contribution in [0.4, 0.5) is 5.69 Å². The van der Waals surface area contributed by atoms with Crippen LogP contribution >= 0.6 is 0 Å². The quantitative estimate of drug-likeness (QED) is 0.862. The second-order valence-electron chi connectivity index (χ2n) is 5.63. The zero-order valence-electron chi connectivity index (χ0n) is 13.1. The monoisotopic (exact) mass is 276 g/mol. The molecule has 3 heteroatoms. The van der Waals surface area contributed by atoms with Crippen LogP contribution in [-0.2, 0) is 4.74 Å². The van der Waals surface area contributed by atoms with Gasteiger partial charge in [-0.1, -0.05) is 26.0 Å². The number of morpholine rings is 1. The average Bonchev–Trinajstić information content (AvgIpc) is 2.49. The maximum atomic E-state index is 5.60. The number of nitrogens with one attached hydrogen (secondary N) is 1. The lowest BCUT2D eigenvalue weighted by Gasteiger charge is -2.33. The predicted octanol–water partition coefficient (Wildman–Crippen LogP) is 3.36. The second-order valence-corrected chi connectivity index (χ2v) is 5.63. The van der Waals surface area contributed by atoms with Gasteiger partial charge in [-0.25, -0.2) is 0 Å². The van der Waals surface area contributed by atoms with Crippen LogP contribution in [0.5, 0.6) is 0 Å². The molecule has 1 aromatic rings. The van der Waals surface area contributed by atoms with E-state index in [0.29, 0.717) is 12.1 Å². The summed E-state index contributed by atoms with van der Waals surface area (Å²) in [6.45, 7) is 10.5. The number of nitrogens with zero attached hydrogens (tertiary/aromatic N) is 1. The van der Waals surface area contributed by atoms with E-state index in [0.717, 1.165) is 32.7 Å². The van der Waals surface area contributed by atoms with Gasteiger partial charge < -0.3 is 15.0 Å². The lowest BCUT2D eigenvalue weighted by Crippen LogP contribution is -2.41. The summed E-state index contributed by atoms with van der Waals surface area (Å²) in [6, 6.07) is 9.53. The van der Waals surface area contributed by atoms with Gasteiger partial charge in [-0.15, -0.1) is 0 Å². The van der Waals surface area contributed by atoms with Gasteiger partial charge in [0.05, 0.1) is 12.7 Å². The molecular weight excluding hydrogens is 248 g/mol. The molecule has 2 unspecified atom stereocenters. The Kier molecular flexibility index (Phi) is 5.86. The van der Waals surface area contributed by atoms with Crippen molar-refractivity contribution < 1.29 is 4.74 Å². The molecule has 3 nitrogen and oxygen atoms in total. The molecule has 1 saturated heterocycles. The molecule has 112 valence electrons. The Balaban J connectivity index is 2.01. The van der Waals surface area contributed by atoms with Crippen molar-refractivity contribution >= 4 is 5.69 Å². The van der Waals surface area contributed by atoms with Crippen LogP contribution in [0.15, 0.2) is 24.3 Å². The third-order valence-electron chi connectivity index (χ3n) is 3.95. The number of hydrogen-bond acceptors (Lipinski definition) is 3. The van der Waals surface area contributed by atoms with Crippen LogP contribution in [0.1, 0.15) is 45.2 Å². The summed E-state index contributed by atoms with van der Waals surface area (Å²) in [6.07, 6.45) is 2.65. The van der Waals surface area contributed by atoms with E-state index in [-0.39, 0.29) is 0 Å². The molecule has 1 heterocycles. The van der Waals surface area contributed by atoms with Crippen molar-refractivity contribution in [1.82, 2.24) is 5.32 Å². The van der Waals surface area contributed by atoms with E-state index in [1.165, 1.54) is 17.7 Å². The summed E-state index contributed by atoms with van der Waals surface area (Å²) < 4.78 is 5.60. The fraction of sp³-hybridized carbons (Fsp3) is 0.647. The maximum Gasteiger partial charge on any atom is 0.0722 e. The molecule has 0 amide bonds. The Morgan fingerprint density at radius 2 is 2.05 bits per heavy atom. The summed E-state index contributed by atoms with van der Waals surface area (Å²) in [5.41, 5.74) is 2.71. The topological polar surface area (TPSA) is 24.5 Å². The smallest absolute Gasteiger partial charge is 0.0722 e. The van der Waals surface area contributed by atoms with Gasteiger partial charge in [0.2, 0.25) is 0 Å². The lowest BCUT2D eigenvalue weighted by atomic mass is 10.0. The second kappa shape index (κ2) is 7.65. The third-order valence-corrected chi connectivity index (χ3v) is 3.95. The molecule has 20 heavy (non-hydrogen) atoms. The van der Waals surface area contributed by atoms with Crippen LogP contribution in [-0.4, -0.2) is 32.3 Å². The highest BCUT2D eigenvalue weighted by Crippen LogP contribution is 2.22. The van der Waals surface area contributed by atoms with Crippen LogP contribution < -0.4 is 10.2 Å². The standard InChI is InChI=1S/C17H28N2O/c1-4-10-18-17(5-2)15-6-8-16(9-7-15)19-11-12-20-14(3)13-19/h6-9,14,17-18H,4-5,10-13H2,1-3H3. The SMILES string of the molecule is CCCNC(CC)c1ccc(N2CCOC(C)C2)cc1. The van der Waals surface area contributed by atoms with Crippen LogP contribution in [0, 0.1) is 0 Å². The van der Waals surface area contributed by atoms with E-state index in [4.69, 9.17) is 4.74 Å². The van der Waals surface area contributed by atoms with Gasteiger partial charge in [0.15, 0.2) is 0 Å². The molecule has 0 radical (unpaired) electrons. The first-order chi connectivity index (χ1) is 9.74. The first-order valence-electron chi connectivity index (χ1n) is 7.94. The lowest BCUT2D eigenvalue weighted by molar-refractivity contribution is 0.0532. The zero-order valence-corrected chi connectivity index (χ0v) is 13.1. The molecule has 2 atom stereocenters. The molecule has 0 aromatic heterocycles. The van der Waals surface area contributed by atoms with E-state index in [1.54, 1.807) is 0 Å². The minimum atomic E-state index is 0.332. The molecule has 2 rings (SSSR count). The number of rotatable bonds is 6. The molecule has 1 fully saturated rings. The first kappa shape index (κ1) is 15.3. The van der Waals surface area contributed by atoms with E-state index in [1.807, 2.05) is 0 Å². The molecule has 1 aliphatic rings. The number of hydrogen-bond donors (Lipinski definition) is 1. The summed E-state index contributed by atoms with van der Waals surface area (Å²) >= 11 is 0. The fourth-order valence-electron chi connectivity index (χ4n) is 2.79. The highest BCUT2D eigenvalue weighted by Gasteiger charge is 2.17. The van der Waals surface area contributed by atoms with Crippen LogP contribution in [0.3, 0.4) is 0 Å². The van der Waals surface area contributed by atoms with E-state index in [9.17, 15) is 0 Å². The van der Waals surface area contributed by atoms with Gasteiger partial charge in [-0.05, 0) is 44.0 Å². The van der Waals surface area contributed by atoms with Crippen molar-refractivity contribution in [3.8, 4) is 0 Å². The molecular formula is C17H28N2O. The number of benzene rings is 1. The summed E-state index contributed by atoms with van der Waals surface area (Å²) in [5, 5.41) is 3.61. The molecule has 1 aromatic carbocycles. The highest BCUT2D eigenvalue weighted by molar-refractivity contribution is 5.48. The van der Waals surface area contributed by atoms with Gasteiger partial charge in [0.1, 0.15) is 0 Å². The Bertz CT molecular complexity index is 390. The van der Waals surface area contributed by atoms with Gasteiger partial charge in [-0.2, -0.15) is 0 Å².